The van der Waals surface area contributed by atoms with E-state index >= 15 is 0 Å². The molecule has 35 heavy (non-hydrogen) atoms. The van der Waals surface area contributed by atoms with Crippen LogP contribution in [0, 0.1) is 5.92 Å². The Labute approximate surface area is 201 Å². The van der Waals surface area contributed by atoms with Crippen LogP contribution >= 0.6 is 0 Å². The lowest BCUT2D eigenvalue weighted by atomic mass is 9.86. The minimum absolute atomic E-state index is 0.389. The third-order valence-corrected chi connectivity index (χ3v) is 7.32. The summed E-state index contributed by atoms with van der Waals surface area (Å²) >= 11 is 0. The molecule has 0 bridgehead atoms. The molecular formula is C26H27N5O4. The molecule has 180 valence electrons. The zero-order valence-corrected chi connectivity index (χ0v) is 19.6. The summed E-state index contributed by atoms with van der Waals surface area (Å²) in [6.07, 6.45) is 4.89. The number of fused-ring (bicyclic) bond motifs is 6. The average molecular weight is 474 g/mol. The first-order chi connectivity index (χ1) is 17.1. The van der Waals surface area contributed by atoms with Crippen molar-refractivity contribution in [2.45, 2.75) is 25.3 Å². The van der Waals surface area contributed by atoms with Crippen LogP contribution < -0.4 is 20.7 Å². The van der Waals surface area contributed by atoms with Crippen molar-refractivity contribution in [1.82, 2.24) is 24.4 Å². The summed E-state index contributed by atoms with van der Waals surface area (Å²) in [6, 6.07) is 9.55. The lowest BCUT2D eigenvalue weighted by Gasteiger charge is -2.29. The average Bonchev–Trinajstić information content (AvgIpc) is 3.30. The van der Waals surface area contributed by atoms with Gasteiger partial charge in [0, 0.05) is 48.6 Å². The lowest BCUT2D eigenvalue weighted by Crippen LogP contribution is -2.31. The highest BCUT2D eigenvalue weighted by molar-refractivity contribution is 6.02. The lowest BCUT2D eigenvalue weighted by molar-refractivity contribution is 0.209. The number of likely N-dealkylation sites (tertiary alicyclic amines) is 1. The van der Waals surface area contributed by atoms with E-state index in [1.165, 1.54) is 11.9 Å². The molecule has 0 unspecified atom stereocenters. The third-order valence-electron chi connectivity index (χ3n) is 7.32. The van der Waals surface area contributed by atoms with Crippen LogP contribution in [0.15, 0.2) is 52.4 Å². The summed E-state index contributed by atoms with van der Waals surface area (Å²) < 4.78 is 13.3. The minimum atomic E-state index is -0.401. The van der Waals surface area contributed by atoms with Gasteiger partial charge in [-0.25, -0.2) is 14.8 Å². The molecule has 2 aliphatic rings. The van der Waals surface area contributed by atoms with Gasteiger partial charge in [0.1, 0.15) is 17.8 Å². The van der Waals surface area contributed by atoms with Crippen molar-refractivity contribution in [2.24, 2.45) is 5.92 Å². The number of hydrogen-bond donors (Lipinski definition) is 1. The zero-order valence-electron chi connectivity index (χ0n) is 19.6. The summed E-state index contributed by atoms with van der Waals surface area (Å²) in [4.78, 5) is 38.5. The second-order valence-corrected chi connectivity index (χ2v) is 9.35. The molecule has 4 heterocycles. The van der Waals surface area contributed by atoms with E-state index in [1.54, 1.807) is 23.9 Å². The molecule has 4 aromatic rings. The van der Waals surface area contributed by atoms with Crippen LogP contribution in [0.2, 0.25) is 0 Å². The maximum atomic E-state index is 12.7. The van der Waals surface area contributed by atoms with E-state index in [9.17, 15) is 9.59 Å². The predicted molar refractivity (Wildman–Crippen MR) is 132 cm³/mol. The normalized spacial score (nSPS) is 19.5. The Balaban J connectivity index is 1.17. The monoisotopic (exact) mass is 473 g/mol. The van der Waals surface area contributed by atoms with Crippen molar-refractivity contribution in [3.63, 3.8) is 0 Å². The van der Waals surface area contributed by atoms with E-state index in [0.717, 1.165) is 56.0 Å². The predicted octanol–water partition coefficient (Wildman–Crippen LogP) is 2.53. The number of unbranched alkanes of at least 4 members (excludes halogenated alkanes) is 1. The van der Waals surface area contributed by atoms with Crippen LogP contribution in [0.5, 0.6) is 11.5 Å². The number of H-pyrrole nitrogens is 1. The molecule has 0 spiro atoms. The first kappa shape index (κ1) is 21.8. The van der Waals surface area contributed by atoms with Gasteiger partial charge in [0.25, 0.3) is 5.56 Å². The van der Waals surface area contributed by atoms with Crippen LogP contribution in [0.4, 0.5) is 0 Å². The Hall–Kier alpha value is -3.72. The Kier molecular flexibility index (Phi) is 5.49. The Morgan fingerprint density at radius 2 is 2.03 bits per heavy atom. The van der Waals surface area contributed by atoms with E-state index in [0.29, 0.717) is 34.8 Å². The van der Waals surface area contributed by atoms with Gasteiger partial charge in [0.2, 0.25) is 0 Å². The molecule has 2 aromatic carbocycles. The standard InChI is InChI=1S/C26H27N5O4/c1-34-20-5-4-6-21-22(20)19-13-30(12-17(19)14-35-21)9-2-3-10-31-24-18(25(32)29-26(31)33)8-7-16-11-27-15-28-23(16)24/h4-8,11,15,17,19H,2-3,9-10,12-14H2,1H3,(H,29,32,33)/t17-,19-/m1/s1. The van der Waals surface area contributed by atoms with Crippen LogP contribution in [0.25, 0.3) is 21.8 Å². The SMILES string of the molecule is COc1cccc2c1[C@@H]1CN(CCCCn3c(=O)[nH]c(=O)c4ccc5cncnc5c43)C[C@@H]1CO2. The van der Waals surface area contributed by atoms with Crippen molar-refractivity contribution in [2.75, 3.05) is 33.4 Å². The van der Waals surface area contributed by atoms with Crippen molar-refractivity contribution < 1.29 is 9.47 Å². The Morgan fingerprint density at radius 3 is 2.91 bits per heavy atom. The number of aryl methyl sites for hydroxylation is 1. The molecule has 6 rings (SSSR count). The Bertz CT molecular complexity index is 1510. The fraction of sp³-hybridized carbons (Fsp3) is 0.385. The molecule has 1 saturated heterocycles. The number of aromatic nitrogens is 4. The number of rotatable bonds is 6. The minimum Gasteiger partial charge on any atom is -0.496 e. The van der Waals surface area contributed by atoms with Gasteiger partial charge in [-0.05, 0) is 37.6 Å². The summed E-state index contributed by atoms with van der Waals surface area (Å²) in [5.41, 5.74) is 1.60. The number of aromatic amines is 1. The van der Waals surface area contributed by atoms with Gasteiger partial charge in [0.05, 0.1) is 30.1 Å². The molecule has 1 fully saturated rings. The van der Waals surface area contributed by atoms with E-state index in [2.05, 4.69) is 19.9 Å². The maximum absolute atomic E-state index is 12.7. The van der Waals surface area contributed by atoms with Crippen LogP contribution in [0.3, 0.4) is 0 Å². The fourth-order valence-corrected chi connectivity index (χ4v) is 5.68. The first-order valence-electron chi connectivity index (χ1n) is 12.0. The highest BCUT2D eigenvalue weighted by atomic mass is 16.5. The summed E-state index contributed by atoms with van der Waals surface area (Å²) in [7, 11) is 1.71. The number of hydrogen-bond acceptors (Lipinski definition) is 7. The molecular weight excluding hydrogens is 446 g/mol. The smallest absolute Gasteiger partial charge is 0.328 e. The summed E-state index contributed by atoms with van der Waals surface area (Å²) in [6.45, 7) is 4.15. The van der Waals surface area contributed by atoms with Gasteiger partial charge in [-0.2, -0.15) is 0 Å². The molecule has 1 N–H and O–H groups in total. The number of nitrogens with one attached hydrogen (secondary N) is 1. The number of ether oxygens (including phenoxy) is 2. The number of nitrogens with zero attached hydrogens (tertiary/aromatic N) is 4. The van der Waals surface area contributed by atoms with Crippen LogP contribution in [-0.4, -0.2) is 57.8 Å². The quantitative estimate of drug-likeness (QED) is 0.339. The van der Waals surface area contributed by atoms with Gasteiger partial charge in [-0.1, -0.05) is 12.1 Å². The van der Waals surface area contributed by atoms with Crippen molar-refractivity contribution in [3.8, 4) is 11.5 Å². The molecule has 9 heteroatoms. The molecule has 0 amide bonds. The van der Waals surface area contributed by atoms with Crippen LogP contribution in [-0.2, 0) is 6.54 Å². The second kappa shape index (κ2) is 8.81. The van der Waals surface area contributed by atoms with Crippen LogP contribution in [0.1, 0.15) is 24.3 Å². The molecule has 2 aliphatic heterocycles. The molecule has 0 saturated carbocycles. The fourth-order valence-electron chi connectivity index (χ4n) is 5.68. The molecule has 2 atom stereocenters. The van der Waals surface area contributed by atoms with Gasteiger partial charge >= 0.3 is 5.69 Å². The van der Waals surface area contributed by atoms with E-state index in [-0.39, 0.29) is 5.56 Å². The number of benzene rings is 2. The maximum Gasteiger partial charge on any atom is 0.328 e. The van der Waals surface area contributed by atoms with E-state index in [1.807, 2.05) is 24.3 Å². The van der Waals surface area contributed by atoms with Gasteiger partial charge in [-0.15, -0.1) is 0 Å². The van der Waals surface area contributed by atoms with Crippen molar-refractivity contribution in [1.29, 1.82) is 0 Å². The Morgan fingerprint density at radius 1 is 1.14 bits per heavy atom. The molecule has 0 radical (unpaired) electrons. The third kappa shape index (κ3) is 3.76. The largest absolute Gasteiger partial charge is 0.496 e. The summed E-state index contributed by atoms with van der Waals surface area (Å²) in [5.74, 6) is 2.70. The van der Waals surface area contributed by atoms with Gasteiger partial charge in [0.15, 0.2) is 0 Å². The number of methoxy groups -OCH3 is 1. The molecule has 2 aromatic heterocycles. The summed E-state index contributed by atoms with van der Waals surface area (Å²) in [5, 5.41) is 1.27. The van der Waals surface area contributed by atoms with E-state index < -0.39 is 5.69 Å². The topological polar surface area (TPSA) is 102 Å². The van der Waals surface area contributed by atoms with Crippen molar-refractivity contribution in [3.05, 3.63) is 69.3 Å². The zero-order chi connectivity index (χ0) is 23.9. The highest BCUT2D eigenvalue weighted by Crippen LogP contribution is 2.46. The highest BCUT2D eigenvalue weighted by Gasteiger charge is 2.40. The van der Waals surface area contributed by atoms with Gasteiger partial charge in [-0.3, -0.25) is 14.3 Å². The molecule has 9 nitrogen and oxygen atoms in total. The molecule has 0 aliphatic carbocycles. The van der Waals surface area contributed by atoms with Crippen molar-refractivity contribution >= 4 is 21.8 Å². The first-order valence-corrected chi connectivity index (χ1v) is 12.0. The second-order valence-electron chi connectivity index (χ2n) is 9.35. The van der Waals surface area contributed by atoms with E-state index in [4.69, 9.17) is 9.47 Å². The van der Waals surface area contributed by atoms with Gasteiger partial charge < -0.3 is 14.4 Å².